The minimum Gasteiger partial charge on any atom is -0.496 e. The number of methoxy groups -OCH3 is 2. The number of aromatic nitrogens is 2. The highest BCUT2D eigenvalue weighted by Gasteiger charge is 2.19. The third-order valence-corrected chi connectivity index (χ3v) is 6.99. The van der Waals surface area contributed by atoms with Gasteiger partial charge in [-0.15, -0.1) is 10.2 Å². The molecule has 202 valence electrons. The van der Waals surface area contributed by atoms with E-state index in [1.54, 1.807) is 36.4 Å². The number of carboxylic acid groups (broad SMARTS) is 1. The van der Waals surface area contributed by atoms with Crippen molar-refractivity contribution in [1.82, 2.24) is 10.2 Å². The molecule has 0 atom stereocenters. The van der Waals surface area contributed by atoms with Gasteiger partial charge in [0.15, 0.2) is 11.5 Å². The molecule has 4 aromatic rings. The van der Waals surface area contributed by atoms with E-state index in [9.17, 15) is 9.90 Å². The molecule has 1 N–H and O–H groups in total. The largest absolute Gasteiger partial charge is 0.496 e. The zero-order chi connectivity index (χ0) is 28.1. The zero-order valence-electron chi connectivity index (χ0n) is 22.1. The first-order valence-electron chi connectivity index (χ1n) is 11.9. The van der Waals surface area contributed by atoms with Crippen molar-refractivity contribution in [2.45, 2.75) is 32.6 Å². The number of nitrogens with zero attached hydrogens (tertiary/aromatic N) is 2. The topological polar surface area (TPSA) is 104 Å². The molecule has 0 spiro atoms. The van der Waals surface area contributed by atoms with Crippen LogP contribution in [0.4, 0.5) is 0 Å². The molecule has 0 bridgehead atoms. The molecule has 4 rings (SSSR count). The van der Waals surface area contributed by atoms with E-state index in [1.165, 1.54) is 25.9 Å². The number of aryl methyl sites for hydroxylation is 3. The molecule has 0 aliphatic rings. The second kappa shape index (κ2) is 12.3. The SMILES string of the molecule is COc1cc(/C=C(\Sc2nnc(-c3cc(Cl)ccc3OC)o2)C(=O)O)ccc1OCc1c(C)cc(C)cc1C. The van der Waals surface area contributed by atoms with Crippen molar-refractivity contribution in [2.75, 3.05) is 14.2 Å². The summed E-state index contributed by atoms with van der Waals surface area (Å²) >= 11 is 6.93. The predicted octanol–water partition coefficient (Wildman–Crippen LogP) is 7.13. The van der Waals surface area contributed by atoms with E-state index in [4.69, 9.17) is 30.2 Å². The highest BCUT2D eigenvalue weighted by Crippen LogP contribution is 2.36. The predicted molar refractivity (Wildman–Crippen MR) is 151 cm³/mol. The van der Waals surface area contributed by atoms with Crippen LogP contribution >= 0.6 is 23.4 Å². The molecular weight excluding hydrogens is 540 g/mol. The quantitative estimate of drug-likeness (QED) is 0.158. The first-order valence-corrected chi connectivity index (χ1v) is 13.1. The molecular formula is C29H27ClN2O6S. The molecule has 0 radical (unpaired) electrons. The summed E-state index contributed by atoms with van der Waals surface area (Å²) < 4.78 is 22.6. The van der Waals surface area contributed by atoms with Gasteiger partial charge in [-0.3, -0.25) is 0 Å². The number of hydrogen-bond acceptors (Lipinski definition) is 8. The summed E-state index contributed by atoms with van der Waals surface area (Å²) in [5.41, 5.74) is 5.74. The van der Waals surface area contributed by atoms with Gasteiger partial charge < -0.3 is 23.7 Å². The summed E-state index contributed by atoms with van der Waals surface area (Å²) in [4.78, 5) is 12.0. The molecule has 1 heterocycles. The maximum Gasteiger partial charge on any atom is 0.342 e. The standard InChI is InChI=1S/C29H27ClN2O6S/c1-16-10-17(2)22(18(3)11-16)15-37-24-8-6-19(12-25(24)36-5)13-26(28(33)34)39-29-32-31-27(38-29)21-14-20(30)7-9-23(21)35-4/h6-14H,15H2,1-5H3,(H,33,34)/b26-13-. The second-order valence-electron chi connectivity index (χ2n) is 8.71. The average molecular weight is 567 g/mol. The lowest BCUT2D eigenvalue weighted by molar-refractivity contribution is -0.131. The number of carbonyl (C=O) groups is 1. The highest BCUT2D eigenvalue weighted by atomic mass is 35.5. The first kappa shape index (κ1) is 28.1. The van der Waals surface area contributed by atoms with E-state index in [0.29, 0.717) is 40.0 Å². The molecule has 0 fully saturated rings. The molecule has 0 aliphatic heterocycles. The fraction of sp³-hybridized carbons (Fsp3) is 0.207. The Hall–Kier alpha value is -3.95. The van der Waals surface area contributed by atoms with Crippen LogP contribution < -0.4 is 14.2 Å². The van der Waals surface area contributed by atoms with E-state index in [-0.39, 0.29) is 16.0 Å². The van der Waals surface area contributed by atoms with Gasteiger partial charge in [0.05, 0.1) is 19.8 Å². The molecule has 39 heavy (non-hydrogen) atoms. The van der Waals surface area contributed by atoms with Crippen molar-refractivity contribution in [3.8, 4) is 28.7 Å². The summed E-state index contributed by atoms with van der Waals surface area (Å²) in [6.45, 7) is 6.58. The third kappa shape index (κ3) is 6.74. The Morgan fingerprint density at radius 3 is 2.33 bits per heavy atom. The van der Waals surface area contributed by atoms with Crippen molar-refractivity contribution < 1.29 is 28.5 Å². The monoisotopic (exact) mass is 566 g/mol. The van der Waals surface area contributed by atoms with Crippen molar-refractivity contribution in [3.63, 3.8) is 0 Å². The van der Waals surface area contributed by atoms with Crippen LogP contribution in [-0.2, 0) is 11.4 Å². The number of thioether (sulfide) groups is 1. The van der Waals surface area contributed by atoms with E-state index in [1.807, 2.05) is 0 Å². The van der Waals surface area contributed by atoms with Crippen LogP contribution in [0.15, 0.2) is 63.1 Å². The Kier molecular flexibility index (Phi) is 8.83. The van der Waals surface area contributed by atoms with Crippen LogP contribution in [-0.4, -0.2) is 35.5 Å². The molecule has 3 aromatic carbocycles. The number of benzene rings is 3. The van der Waals surface area contributed by atoms with E-state index >= 15 is 0 Å². The summed E-state index contributed by atoms with van der Waals surface area (Å²) in [7, 11) is 3.05. The van der Waals surface area contributed by atoms with E-state index < -0.39 is 5.97 Å². The third-order valence-electron chi connectivity index (χ3n) is 5.90. The number of halogens is 1. The van der Waals surface area contributed by atoms with Gasteiger partial charge in [0.25, 0.3) is 11.1 Å². The zero-order valence-corrected chi connectivity index (χ0v) is 23.6. The van der Waals surface area contributed by atoms with Gasteiger partial charge in [-0.05, 0) is 91.2 Å². The smallest absolute Gasteiger partial charge is 0.342 e. The van der Waals surface area contributed by atoms with Gasteiger partial charge in [-0.25, -0.2) is 4.79 Å². The van der Waals surface area contributed by atoms with Gasteiger partial charge in [0.2, 0.25) is 0 Å². The molecule has 0 saturated heterocycles. The number of hydrogen-bond donors (Lipinski definition) is 1. The van der Waals surface area contributed by atoms with E-state index in [2.05, 4.69) is 43.1 Å². The average Bonchev–Trinajstić information content (AvgIpc) is 3.36. The molecule has 0 aliphatic carbocycles. The van der Waals surface area contributed by atoms with Crippen LogP contribution in [0.2, 0.25) is 5.02 Å². The summed E-state index contributed by atoms with van der Waals surface area (Å²) in [6.07, 6.45) is 1.50. The Labute approximate surface area is 235 Å². The number of ether oxygens (including phenoxy) is 3. The van der Waals surface area contributed by atoms with Crippen molar-refractivity contribution in [3.05, 3.63) is 86.3 Å². The minimum atomic E-state index is -1.15. The van der Waals surface area contributed by atoms with Crippen LogP contribution in [0.1, 0.15) is 27.8 Å². The summed E-state index contributed by atoms with van der Waals surface area (Å²) in [6, 6.07) is 14.5. The fourth-order valence-electron chi connectivity index (χ4n) is 4.07. The Morgan fingerprint density at radius 2 is 1.67 bits per heavy atom. The van der Waals surface area contributed by atoms with Crippen LogP contribution in [0.3, 0.4) is 0 Å². The van der Waals surface area contributed by atoms with Gasteiger partial charge >= 0.3 is 5.97 Å². The Bertz CT molecular complexity index is 1530. The van der Waals surface area contributed by atoms with Gasteiger partial charge in [-0.1, -0.05) is 35.4 Å². The molecule has 0 amide bonds. The summed E-state index contributed by atoms with van der Waals surface area (Å²) in [5, 5.41) is 18.4. The molecule has 8 nitrogen and oxygen atoms in total. The lowest BCUT2D eigenvalue weighted by atomic mass is 10.0. The fourth-order valence-corrected chi connectivity index (χ4v) is 4.91. The molecule has 0 saturated carbocycles. The normalized spacial score (nSPS) is 11.4. The van der Waals surface area contributed by atoms with Gasteiger partial charge in [-0.2, -0.15) is 0 Å². The Balaban J connectivity index is 1.54. The first-order chi connectivity index (χ1) is 18.7. The van der Waals surface area contributed by atoms with E-state index in [0.717, 1.165) is 28.5 Å². The lowest BCUT2D eigenvalue weighted by Crippen LogP contribution is -2.03. The van der Waals surface area contributed by atoms with Gasteiger partial charge in [0, 0.05) is 5.02 Å². The molecule has 1 aromatic heterocycles. The van der Waals surface area contributed by atoms with Crippen LogP contribution in [0.5, 0.6) is 17.2 Å². The van der Waals surface area contributed by atoms with Gasteiger partial charge in [0.1, 0.15) is 17.3 Å². The maximum absolute atomic E-state index is 12.0. The van der Waals surface area contributed by atoms with Crippen molar-refractivity contribution in [1.29, 1.82) is 0 Å². The minimum absolute atomic E-state index is 0.0233. The van der Waals surface area contributed by atoms with Crippen LogP contribution in [0, 0.1) is 20.8 Å². The number of rotatable bonds is 10. The number of aliphatic carboxylic acids is 1. The highest BCUT2D eigenvalue weighted by molar-refractivity contribution is 8.03. The summed E-state index contributed by atoms with van der Waals surface area (Å²) in [5.74, 6) is 0.536. The molecule has 10 heteroatoms. The lowest BCUT2D eigenvalue weighted by Gasteiger charge is -2.15. The number of carboxylic acids is 1. The second-order valence-corrected chi connectivity index (χ2v) is 10.1. The Morgan fingerprint density at radius 1 is 0.974 bits per heavy atom. The van der Waals surface area contributed by atoms with Crippen molar-refractivity contribution >= 4 is 35.4 Å². The van der Waals surface area contributed by atoms with Crippen LogP contribution in [0.25, 0.3) is 17.5 Å². The maximum atomic E-state index is 12.0. The van der Waals surface area contributed by atoms with Crippen molar-refractivity contribution in [2.24, 2.45) is 0 Å². The molecule has 0 unspecified atom stereocenters.